The highest BCUT2D eigenvalue weighted by Gasteiger charge is 2.44. The predicted molar refractivity (Wildman–Crippen MR) is 242 cm³/mol. The normalized spacial score (nSPS) is 19.5. The van der Waals surface area contributed by atoms with Crippen molar-refractivity contribution in [1.82, 2.24) is 0 Å². The molecule has 1 saturated heterocycles. The number of hydrogen-bond donors (Lipinski definition) is 4. The molecule has 1 rings (SSSR count). The van der Waals surface area contributed by atoms with Gasteiger partial charge in [0.2, 0.25) is 0 Å². The summed E-state index contributed by atoms with van der Waals surface area (Å²) in [5, 5.41) is 40.1. The van der Waals surface area contributed by atoms with Crippen molar-refractivity contribution >= 4 is 11.9 Å². The minimum atomic E-state index is -1.60. The van der Waals surface area contributed by atoms with Gasteiger partial charge in [0.1, 0.15) is 31.0 Å². The van der Waals surface area contributed by atoms with Crippen molar-refractivity contribution in [3.8, 4) is 0 Å². The highest BCUT2D eigenvalue weighted by molar-refractivity contribution is 5.70. The molecule has 4 N–H and O–H groups in total. The second kappa shape index (κ2) is 41.2. The van der Waals surface area contributed by atoms with Crippen LogP contribution in [0.15, 0.2) is 17.9 Å². The molecule has 0 aromatic carbocycles. The fourth-order valence-electron chi connectivity index (χ4n) is 7.70. The molecule has 0 aromatic heterocycles. The third-order valence-electron chi connectivity index (χ3n) is 11.7. The van der Waals surface area contributed by atoms with Gasteiger partial charge in [0.25, 0.3) is 0 Å². The van der Waals surface area contributed by atoms with Gasteiger partial charge in [0, 0.05) is 12.8 Å². The van der Waals surface area contributed by atoms with Gasteiger partial charge in [0.15, 0.2) is 12.4 Å². The number of hydrogen-bond acceptors (Lipinski definition) is 10. The van der Waals surface area contributed by atoms with Gasteiger partial charge in [-0.2, -0.15) is 0 Å². The van der Waals surface area contributed by atoms with Crippen LogP contribution in [0.4, 0.5) is 0 Å². The Morgan fingerprint density at radius 2 is 0.933 bits per heavy atom. The Bertz CT molecular complexity index is 1040. The first-order valence-corrected chi connectivity index (χ1v) is 25.0. The van der Waals surface area contributed by atoms with Crippen molar-refractivity contribution in [2.75, 3.05) is 19.8 Å². The van der Waals surface area contributed by atoms with Gasteiger partial charge in [-0.25, -0.2) is 0 Å². The molecule has 6 atom stereocenters. The molecule has 1 fully saturated rings. The Labute approximate surface area is 366 Å². The highest BCUT2D eigenvalue weighted by atomic mass is 16.7. The summed E-state index contributed by atoms with van der Waals surface area (Å²) in [7, 11) is 0. The van der Waals surface area contributed by atoms with Crippen LogP contribution in [0, 0.1) is 0 Å². The number of esters is 2. The summed E-state index contributed by atoms with van der Waals surface area (Å²) >= 11 is 0. The van der Waals surface area contributed by atoms with Crippen LogP contribution in [0.2, 0.25) is 0 Å². The van der Waals surface area contributed by atoms with E-state index in [4.69, 9.17) is 18.9 Å². The van der Waals surface area contributed by atoms with Crippen molar-refractivity contribution < 1.29 is 49.0 Å². The number of carbonyl (C=O) groups is 2. The van der Waals surface area contributed by atoms with Gasteiger partial charge in [-0.05, 0) is 50.7 Å². The quantitative estimate of drug-likeness (QED) is 0.0265. The Morgan fingerprint density at radius 1 is 0.533 bits per heavy atom. The summed E-state index contributed by atoms with van der Waals surface area (Å²) in [6, 6.07) is 0. The maximum absolute atomic E-state index is 12.8. The molecule has 0 radical (unpaired) electrons. The van der Waals surface area contributed by atoms with Crippen LogP contribution in [-0.2, 0) is 28.5 Å². The first kappa shape index (κ1) is 56.2. The van der Waals surface area contributed by atoms with Crippen LogP contribution in [-0.4, -0.2) is 89.0 Å². The zero-order chi connectivity index (χ0) is 43.7. The van der Waals surface area contributed by atoms with Crippen LogP contribution < -0.4 is 0 Å². The fraction of sp³-hybridized carbons (Fsp3) is 0.900. The lowest BCUT2D eigenvalue weighted by Gasteiger charge is -2.39. The predicted octanol–water partition coefficient (Wildman–Crippen LogP) is 11.3. The Balaban J connectivity index is 2.27. The van der Waals surface area contributed by atoms with Crippen LogP contribution in [0.25, 0.3) is 0 Å². The van der Waals surface area contributed by atoms with Crippen LogP contribution in [0.5, 0.6) is 0 Å². The third-order valence-corrected chi connectivity index (χ3v) is 11.7. The smallest absolute Gasteiger partial charge is 0.306 e. The van der Waals surface area contributed by atoms with Crippen molar-refractivity contribution in [3.05, 3.63) is 17.9 Å². The van der Waals surface area contributed by atoms with Gasteiger partial charge in [-0.3, -0.25) is 9.59 Å². The maximum atomic E-state index is 12.8. The lowest BCUT2D eigenvalue weighted by molar-refractivity contribution is -0.305. The first-order chi connectivity index (χ1) is 29.3. The number of rotatable bonds is 42. The molecule has 10 nitrogen and oxygen atoms in total. The summed E-state index contributed by atoms with van der Waals surface area (Å²) in [6.45, 7) is 3.42. The van der Waals surface area contributed by atoms with Crippen LogP contribution in [0.3, 0.4) is 0 Å². The van der Waals surface area contributed by atoms with E-state index < -0.39 is 49.4 Å². The van der Waals surface area contributed by atoms with E-state index in [1.165, 1.54) is 135 Å². The van der Waals surface area contributed by atoms with Gasteiger partial charge in [0.05, 0.1) is 13.2 Å². The number of aliphatic hydroxyl groups is 4. The van der Waals surface area contributed by atoms with Gasteiger partial charge < -0.3 is 39.4 Å². The van der Waals surface area contributed by atoms with Crippen molar-refractivity contribution in [2.45, 2.75) is 269 Å². The molecule has 0 amide bonds. The van der Waals surface area contributed by atoms with Crippen LogP contribution >= 0.6 is 0 Å². The standard InChI is InChI=1S/C50H92O10/c1-3-5-7-9-11-13-15-17-19-20-21-22-23-25-27-29-31-33-35-37-39-46(53)59-43(42-58-50-49(56)48(55)47(54)44(40-51)60-50)41-57-45(52)38-36-34-32-30-28-26-24-18-16-14-12-10-8-6-4-2/h16,24,43-44,47-51,54-56H,3-15,17,19-23,25-42H2,1-2H3/t18?,43-,44-,47+,48?,49?,50-/m1/s1. The summed E-state index contributed by atoms with van der Waals surface area (Å²) < 4.78 is 22.2. The SMILES string of the molecule is CCCCCCCC=C=CCCCCCCCC(=O)OC[C@H](CO[C@@H]1O[C@H](CO)[C@H](O)C(O)C1O)OC(=O)CCCCCCCCCCCCCCCCCCCCCC. The van der Waals surface area contributed by atoms with E-state index in [0.29, 0.717) is 12.8 Å². The molecular weight excluding hydrogens is 761 g/mol. The molecule has 2 unspecified atom stereocenters. The molecule has 0 aromatic rings. The van der Waals surface area contributed by atoms with Crippen molar-refractivity contribution in [2.24, 2.45) is 0 Å². The molecule has 60 heavy (non-hydrogen) atoms. The average molecular weight is 853 g/mol. The molecule has 0 spiro atoms. The summed E-state index contributed by atoms with van der Waals surface area (Å²) in [5.74, 6) is -0.815. The van der Waals surface area contributed by atoms with E-state index in [9.17, 15) is 30.0 Å². The molecule has 0 saturated carbocycles. The van der Waals surface area contributed by atoms with E-state index in [1.807, 2.05) is 0 Å². The fourth-order valence-corrected chi connectivity index (χ4v) is 7.70. The van der Waals surface area contributed by atoms with Crippen LogP contribution in [0.1, 0.15) is 232 Å². The topological polar surface area (TPSA) is 152 Å². The lowest BCUT2D eigenvalue weighted by atomic mass is 9.99. The number of unbranched alkanes of at least 4 members (excludes halogenated alkanes) is 29. The average Bonchev–Trinajstić information content (AvgIpc) is 3.25. The van der Waals surface area contributed by atoms with Gasteiger partial charge in [-0.1, -0.05) is 181 Å². The van der Waals surface area contributed by atoms with Gasteiger partial charge >= 0.3 is 11.9 Å². The largest absolute Gasteiger partial charge is 0.462 e. The molecular formula is C50H92O10. The van der Waals surface area contributed by atoms with E-state index in [-0.39, 0.29) is 32.0 Å². The van der Waals surface area contributed by atoms with E-state index in [2.05, 4.69) is 31.7 Å². The Hall–Kier alpha value is -1.78. The highest BCUT2D eigenvalue weighted by Crippen LogP contribution is 2.23. The second-order valence-electron chi connectivity index (χ2n) is 17.4. The van der Waals surface area contributed by atoms with E-state index in [1.54, 1.807) is 0 Å². The Morgan fingerprint density at radius 3 is 1.37 bits per heavy atom. The van der Waals surface area contributed by atoms with Crippen molar-refractivity contribution in [1.29, 1.82) is 0 Å². The second-order valence-corrected chi connectivity index (χ2v) is 17.4. The first-order valence-electron chi connectivity index (χ1n) is 25.0. The van der Waals surface area contributed by atoms with Crippen molar-refractivity contribution in [3.63, 3.8) is 0 Å². The summed E-state index contributed by atoms with van der Waals surface area (Å²) in [4.78, 5) is 25.4. The number of ether oxygens (including phenoxy) is 4. The molecule has 1 aliphatic heterocycles. The summed E-state index contributed by atoms with van der Waals surface area (Å²) in [6.07, 6.45) is 35.7. The Kier molecular flexibility index (Phi) is 38.7. The molecule has 1 heterocycles. The van der Waals surface area contributed by atoms with E-state index >= 15 is 0 Å². The monoisotopic (exact) mass is 853 g/mol. The maximum Gasteiger partial charge on any atom is 0.306 e. The zero-order valence-corrected chi connectivity index (χ0v) is 38.5. The lowest BCUT2D eigenvalue weighted by Crippen LogP contribution is -2.59. The minimum Gasteiger partial charge on any atom is -0.462 e. The molecule has 352 valence electrons. The number of aliphatic hydroxyl groups excluding tert-OH is 4. The van der Waals surface area contributed by atoms with Gasteiger partial charge in [-0.15, -0.1) is 5.73 Å². The number of carbonyl (C=O) groups excluding carboxylic acids is 2. The molecule has 1 aliphatic rings. The molecule has 10 heteroatoms. The molecule has 0 aliphatic carbocycles. The summed E-state index contributed by atoms with van der Waals surface area (Å²) in [5.41, 5.74) is 3.30. The van der Waals surface area contributed by atoms with E-state index in [0.717, 1.165) is 57.8 Å². The zero-order valence-electron chi connectivity index (χ0n) is 38.5. The minimum absolute atomic E-state index is 0.222. The number of allylic oxidation sites excluding steroid dienone is 1. The third kappa shape index (κ3) is 32.0. The molecule has 0 bridgehead atoms.